The minimum absolute atomic E-state index is 0.00435. The second kappa shape index (κ2) is 4.74. The number of rotatable bonds is 2. The summed E-state index contributed by atoms with van der Waals surface area (Å²) in [5, 5.41) is 4.06. The molecule has 1 fully saturated rings. The van der Waals surface area contributed by atoms with Gasteiger partial charge in [-0.1, -0.05) is 33.2 Å². The Hall–Kier alpha value is -1.33. The molecule has 0 radical (unpaired) electrons. The first-order chi connectivity index (χ1) is 8.75. The maximum absolute atomic E-state index is 5.88. The van der Waals surface area contributed by atoms with E-state index in [9.17, 15) is 0 Å². The van der Waals surface area contributed by atoms with Crippen LogP contribution in [0.15, 0.2) is 33.3 Å². The first-order valence-corrected chi connectivity index (χ1v) is 6.67. The Morgan fingerprint density at radius 1 is 1.28 bits per heavy atom. The fraction of sp³-hybridized carbons (Fsp3) is 0.308. The Labute approximate surface area is 113 Å². The van der Waals surface area contributed by atoms with E-state index in [-0.39, 0.29) is 6.10 Å². The highest BCUT2D eigenvalue weighted by Crippen LogP contribution is 2.38. The molecule has 1 aromatic heterocycles. The van der Waals surface area contributed by atoms with E-state index in [0.717, 1.165) is 40.7 Å². The van der Waals surface area contributed by atoms with Gasteiger partial charge in [-0.15, -0.1) is 0 Å². The lowest BCUT2D eigenvalue weighted by Crippen LogP contribution is -1.99. The van der Waals surface area contributed by atoms with Crippen molar-refractivity contribution in [3.05, 3.63) is 34.4 Å². The van der Waals surface area contributed by atoms with Crippen LogP contribution in [0.4, 0.5) is 5.88 Å². The molecule has 1 aromatic carbocycles. The molecule has 4 nitrogen and oxygen atoms in total. The third-order valence-corrected chi connectivity index (χ3v) is 3.64. The highest BCUT2D eigenvalue weighted by atomic mass is 79.9. The van der Waals surface area contributed by atoms with Crippen LogP contribution < -0.4 is 5.73 Å². The maximum atomic E-state index is 5.88. The van der Waals surface area contributed by atoms with E-state index < -0.39 is 0 Å². The quantitative estimate of drug-likeness (QED) is 0.921. The largest absolute Gasteiger partial charge is 0.372 e. The summed E-state index contributed by atoms with van der Waals surface area (Å²) in [6, 6.07) is 7.93. The van der Waals surface area contributed by atoms with Crippen molar-refractivity contribution < 1.29 is 9.26 Å². The minimum atomic E-state index is 0.00435. The van der Waals surface area contributed by atoms with Gasteiger partial charge in [0.05, 0.1) is 5.56 Å². The predicted octanol–water partition coefficient (Wildman–Crippen LogP) is 3.54. The molecule has 2 aromatic rings. The number of nitrogens with zero attached hydrogens (tertiary/aromatic N) is 1. The maximum Gasteiger partial charge on any atom is 0.230 e. The molecule has 0 aliphatic carbocycles. The van der Waals surface area contributed by atoms with Crippen LogP contribution in [0.5, 0.6) is 0 Å². The molecule has 1 aliphatic rings. The predicted molar refractivity (Wildman–Crippen MR) is 72.0 cm³/mol. The number of ether oxygens (including phenoxy) is 1. The van der Waals surface area contributed by atoms with Crippen molar-refractivity contribution in [1.82, 2.24) is 5.16 Å². The summed E-state index contributed by atoms with van der Waals surface area (Å²) in [5.74, 6) is 0.350. The van der Waals surface area contributed by atoms with Crippen molar-refractivity contribution >= 4 is 21.8 Å². The van der Waals surface area contributed by atoms with Gasteiger partial charge in [-0.25, -0.2) is 0 Å². The van der Waals surface area contributed by atoms with Crippen molar-refractivity contribution in [3.8, 4) is 11.1 Å². The van der Waals surface area contributed by atoms with Gasteiger partial charge >= 0.3 is 0 Å². The standard InChI is InChI=1S/C13H13BrN2O2/c14-9-5-3-8(4-6-9)11-12(16-18-13(11)15)10-2-1-7-17-10/h3-6,10H,1-2,7,15H2. The van der Waals surface area contributed by atoms with Crippen LogP contribution in [0, 0.1) is 0 Å². The molecular weight excluding hydrogens is 296 g/mol. The molecule has 2 heterocycles. The number of hydrogen-bond donors (Lipinski definition) is 1. The van der Waals surface area contributed by atoms with Crippen LogP contribution in [0.25, 0.3) is 11.1 Å². The normalized spacial score (nSPS) is 19.3. The Bertz CT molecular complexity index is 545. The van der Waals surface area contributed by atoms with E-state index >= 15 is 0 Å². The molecule has 0 spiro atoms. The Morgan fingerprint density at radius 2 is 2.06 bits per heavy atom. The van der Waals surface area contributed by atoms with Crippen molar-refractivity contribution in [2.45, 2.75) is 18.9 Å². The van der Waals surface area contributed by atoms with Crippen LogP contribution in [-0.2, 0) is 4.74 Å². The highest BCUT2D eigenvalue weighted by molar-refractivity contribution is 9.10. The van der Waals surface area contributed by atoms with Crippen LogP contribution in [0.1, 0.15) is 24.6 Å². The first-order valence-electron chi connectivity index (χ1n) is 5.88. The van der Waals surface area contributed by atoms with Gasteiger partial charge in [0.15, 0.2) is 0 Å². The Balaban J connectivity index is 2.04. The van der Waals surface area contributed by atoms with E-state index in [1.54, 1.807) is 0 Å². The van der Waals surface area contributed by atoms with Gasteiger partial charge in [-0.3, -0.25) is 0 Å². The molecule has 18 heavy (non-hydrogen) atoms. The summed E-state index contributed by atoms with van der Waals surface area (Å²) < 4.78 is 11.8. The summed E-state index contributed by atoms with van der Waals surface area (Å²) in [7, 11) is 0. The van der Waals surface area contributed by atoms with E-state index in [2.05, 4.69) is 21.1 Å². The number of nitrogen functional groups attached to an aromatic ring is 1. The summed E-state index contributed by atoms with van der Waals surface area (Å²) in [4.78, 5) is 0. The number of benzene rings is 1. The molecule has 3 rings (SSSR count). The summed E-state index contributed by atoms with van der Waals surface area (Å²) >= 11 is 3.42. The van der Waals surface area contributed by atoms with Crippen molar-refractivity contribution in [2.24, 2.45) is 0 Å². The van der Waals surface area contributed by atoms with Gasteiger partial charge in [0.2, 0.25) is 5.88 Å². The summed E-state index contributed by atoms with van der Waals surface area (Å²) in [6.07, 6.45) is 2.02. The molecule has 1 aliphatic heterocycles. The number of halogens is 1. The Morgan fingerprint density at radius 3 is 2.72 bits per heavy atom. The molecule has 1 unspecified atom stereocenters. The minimum Gasteiger partial charge on any atom is -0.372 e. The molecule has 0 bridgehead atoms. The van der Waals surface area contributed by atoms with Gasteiger partial charge in [-0.2, -0.15) is 0 Å². The summed E-state index contributed by atoms with van der Waals surface area (Å²) in [6.45, 7) is 0.775. The van der Waals surface area contributed by atoms with Gasteiger partial charge in [-0.05, 0) is 30.5 Å². The van der Waals surface area contributed by atoms with E-state index in [4.69, 9.17) is 15.0 Å². The van der Waals surface area contributed by atoms with Gasteiger partial charge < -0.3 is 15.0 Å². The Kier molecular flexibility index (Phi) is 3.09. The zero-order valence-corrected chi connectivity index (χ0v) is 11.3. The average molecular weight is 309 g/mol. The van der Waals surface area contributed by atoms with Crippen molar-refractivity contribution in [1.29, 1.82) is 0 Å². The zero-order chi connectivity index (χ0) is 12.5. The van der Waals surface area contributed by atoms with E-state index in [1.165, 1.54) is 0 Å². The second-order valence-corrected chi connectivity index (χ2v) is 5.23. The second-order valence-electron chi connectivity index (χ2n) is 4.32. The van der Waals surface area contributed by atoms with Gasteiger partial charge in [0.25, 0.3) is 0 Å². The molecule has 0 amide bonds. The molecule has 1 atom stereocenters. The smallest absolute Gasteiger partial charge is 0.230 e. The van der Waals surface area contributed by atoms with E-state index in [0.29, 0.717) is 5.88 Å². The molecular formula is C13H13BrN2O2. The van der Waals surface area contributed by atoms with Gasteiger partial charge in [0, 0.05) is 11.1 Å². The topological polar surface area (TPSA) is 61.3 Å². The van der Waals surface area contributed by atoms with Crippen molar-refractivity contribution in [3.63, 3.8) is 0 Å². The van der Waals surface area contributed by atoms with Crippen LogP contribution >= 0.6 is 15.9 Å². The number of anilines is 1. The zero-order valence-electron chi connectivity index (χ0n) is 9.73. The number of nitrogens with two attached hydrogens (primary N) is 1. The fourth-order valence-electron chi connectivity index (χ4n) is 2.24. The lowest BCUT2D eigenvalue weighted by Gasteiger charge is -2.08. The third kappa shape index (κ3) is 2.04. The monoisotopic (exact) mass is 308 g/mol. The third-order valence-electron chi connectivity index (χ3n) is 3.11. The van der Waals surface area contributed by atoms with Crippen LogP contribution in [0.2, 0.25) is 0 Å². The molecule has 0 saturated carbocycles. The van der Waals surface area contributed by atoms with E-state index in [1.807, 2.05) is 24.3 Å². The first kappa shape index (κ1) is 11.7. The lowest BCUT2D eigenvalue weighted by molar-refractivity contribution is 0.106. The van der Waals surface area contributed by atoms with Crippen LogP contribution in [-0.4, -0.2) is 11.8 Å². The molecule has 94 valence electrons. The van der Waals surface area contributed by atoms with Crippen molar-refractivity contribution in [2.75, 3.05) is 12.3 Å². The number of hydrogen-bond acceptors (Lipinski definition) is 4. The lowest BCUT2D eigenvalue weighted by atomic mass is 10.0. The van der Waals surface area contributed by atoms with Gasteiger partial charge in [0.1, 0.15) is 11.8 Å². The SMILES string of the molecule is Nc1onc(C2CCCO2)c1-c1ccc(Br)cc1. The molecule has 5 heteroatoms. The molecule has 2 N–H and O–H groups in total. The van der Waals surface area contributed by atoms with Crippen LogP contribution in [0.3, 0.4) is 0 Å². The molecule has 1 saturated heterocycles. The average Bonchev–Trinajstić information content (AvgIpc) is 2.99. The summed E-state index contributed by atoms with van der Waals surface area (Å²) in [5.41, 5.74) is 8.55. The fourth-order valence-corrected chi connectivity index (χ4v) is 2.50. The highest BCUT2D eigenvalue weighted by Gasteiger charge is 2.27. The number of aromatic nitrogens is 1.